The van der Waals surface area contributed by atoms with Crippen LogP contribution in [-0.2, 0) is 10.3 Å². The number of hydrogen-bond acceptors (Lipinski definition) is 3. The number of nitrogens with zero attached hydrogens (tertiary/aromatic N) is 2. The third-order valence-corrected chi connectivity index (χ3v) is 4.68. The average molecular weight is 318 g/mol. The average Bonchev–Trinajstić information content (AvgIpc) is 2.60. The minimum Gasteiger partial charge on any atom is -0.463 e. The smallest absolute Gasteiger partial charge is 0.196 e. The Morgan fingerprint density at radius 3 is 1.75 bits per heavy atom. The quantitative estimate of drug-likeness (QED) is 0.824. The van der Waals surface area contributed by atoms with E-state index in [0.717, 1.165) is 11.1 Å². The summed E-state index contributed by atoms with van der Waals surface area (Å²) in [6, 6.07) is 22.6. The number of rotatable bonds is 3. The first-order chi connectivity index (χ1) is 11.3. The van der Waals surface area contributed by atoms with Crippen molar-refractivity contribution in [3.63, 3.8) is 0 Å². The van der Waals surface area contributed by atoms with Crippen LogP contribution in [0.5, 0.6) is 0 Å². The summed E-state index contributed by atoms with van der Waals surface area (Å²) in [5, 5.41) is 9.28. The van der Waals surface area contributed by atoms with E-state index in [1.807, 2.05) is 36.4 Å². The molecule has 0 aromatic heterocycles. The molecule has 0 aliphatic carbocycles. The molecule has 0 atom stereocenters. The highest BCUT2D eigenvalue weighted by molar-refractivity contribution is 5.92. The number of hydrogen-bond donors (Lipinski definition) is 0. The molecule has 1 aliphatic rings. The van der Waals surface area contributed by atoms with Gasteiger partial charge in [0.1, 0.15) is 5.54 Å². The highest BCUT2D eigenvalue weighted by Crippen LogP contribution is 2.57. The first kappa shape index (κ1) is 16.3. The maximum Gasteiger partial charge on any atom is 0.196 e. The zero-order valence-corrected chi connectivity index (χ0v) is 14.6. The van der Waals surface area contributed by atoms with E-state index in [2.05, 4.69) is 49.2 Å². The van der Waals surface area contributed by atoms with E-state index in [0.29, 0.717) is 5.90 Å². The molecular formula is C21H22N2O. The summed E-state index contributed by atoms with van der Waals surface area (Å²) in [6.45, 7) is 7.85. The second kappa shape index (κ2) is 5.49. The molecule has 0 radical (unpaired) electrons. The van der Waals surface area contributed by atoms with E-state index in [-0.39, 0.29) is 5.41 Å². The van der Waals surface area contributed by atoms with Gasteiger partial charge in [-0.25, -0.2) is 4.99 Å². The van der Waals surface area contributed by atoms with Crippen molar-refractivity contribution in [1.29, 1.82) is 5.26 Å². The fraction of sp³-hybridized carbons (Fsp3) is 0.333. The van der Waals surface area contributed by atoms with Crippen molar-refractivity contribution < 1.29 is 4.74 Å². The maximum absolute atomic E-state index is 9.28. The molecule has 1 saturated heterocycles. The van der Waals surface area contributed by atoms with Gasteiger partial charge in [0.25, 0.3) is 0 Å². The third-order valence-electron chi connectivity index (χ3n) is 4.68. The van der Waals surface area contributed by atoms with Gasteiger partial charge >= 0.3 is 0 Å². The van der Waals surface area contributed by atoms with Gasteiger partial charge in [0.05, 0.1) is 11.5 Å². The predicted octanol–water partition coefficient (Wildman–Crippen LogP) is 4.69. The SMILES string of the molecule is CC(C)(C#N)N=C1OC(c2ccccc2)(c2ccccc2)C1(C)C. The largest absolute Gasteiger partial charge is 0.463 e. The summed E-state index contributed by atoms with van der Waals surface area (Å²) in [5.74, 6) is 0.627. The van der Waals surface area contributed by atoms with Crippen LogP contribution in [0.25, 0.3) is 0 Å². The number of benzene rings is 2. The Bertz CT molecular complexity index is 759. The fourth-order valence-corrected chi connectivity index (χ4v) is 3.30. The van der Waals surface area contributed by atoms with Crippen LogP contribution in [0.2, 0.25) is 0 Å². The Labute approximate surface area is 143 Å². The van der Waals surface area contributed by atoms with Gasteiger partial charge in [0.2, 0.25) is 0 Å². The van der Waals surface area contributed by atoms with Crippen LogP contribution in [0.4, 0.5) is 0 Å². The Morgan fingerprint density at radius 2 is 1.38 bits per heavy atom. The molecule has 2 aromatic carbocycles. The predicted molar refractivity (Wildman–Crippen MR) is 95.7 cm³/mol. The molecule has 0 unspecified atom stereocenters. The van der Waals surface area contributed by atoms with Gasteiger partial charge in [-0.2, -0.15) is 5.26 Å². The second-order valence-corrected chi connectivity index (χ2v) is 7.23. The van der Waals surface area contributed by atoms with E-state index in [9.17, 15) is 5.26 Å². The zero-order valence-electron chi connectivity index (χ0n) is 14.6. The molecule has 3 heteroatoms. The lowest BCUT2D eigenvalue weighted by Gasteiger charge is -2.57. The van der Waals surface area contributed by atoms with Gasteiger partial charge in [-0.15, -0.1) is 0 Å². The van der Waals surface area contributed by atoms with Crippen molar-refractivity contribution in [1.82, 2.24) is 0 Å². The molecule has 0 bridgehead atoms. The van der Waals surface area contributed by atoms with E-state index < -0.39 is 11.1 Å². The Balaban J connectivity index is 2.16. The molecule has 0 spiro atoms. The van der Waals surface area contributed by atoms with Gasteiger partial charge in [0.15, 0.2) is 11.5 Å². The van der Waals surface area contributed by atoms with Crippen molar-refractivity contribution in [3.8, 4) is 6.07 Å². The molecule has 0 saturated carbocycles. The number of aliphatic imine (C=N–C) groups is 1. The van der Waals surface area contributed by atoms with Crippen molar-refractivity contribution in [2.45, 2.75) is 38.8 Å². The summed E-state index contributed by atoms with van der Waals surface area (Å²) in [6.07, 6.45) is 0. The minimum absolute atomic E-state index is 0.357. The summed E-state index contributed by atoms with van der Waals surface area (Å²) in [5.41, 5.74) is 0.431. The lowest BCUT2D eigenvalue weighted by Crippen LogP contribution is -2.62. The fourth-order valence-electron chi connectivity index (χ4n) is 3.30. The summed E-state index contributed by atoms with van der Waals surface area (Å²) in [7, 11) is 0. The summed E-state index contributed by atoms with van der Waals surface area (Å²) >= 11 is 0. The molecule has 2 aromatic rings. The molecule has 0 amide bonds. The molecule has 3 rings (SSSR count). The van der Waals surface area contributed by atoms with E-state index in [4.69, 9.17) is 4.74 Å². The van der Waals surface area contributed by atoms with Crippen LogP contribution in [0.3, 0.4) is 0 Å². The number of ether oxygens (including phenoxy) is 1. The number of nitriles is 1. The first-order valence-corrected chi connectivity index (χ1v) is 8.15. The lowest BCUT2D eigenvalue weighted by atomic mass is 9.62. The molecule has 1 fully saturated rings. The molecule has 122 valence electrons. The van der Waals surface area contributed by atoms with Crippen LogP contribution in [0.15, 0.2) is 65.7 Å². The lowest BCUT2D eigenvalue weighted by molar-refractivity contribution is -0.0821. The second-order valence-electron chi connectivity index (χ2n) is 7.23. The zero-order chi connectivity index (χ0) is 17.4. The normalized spacial score (nSPS) is 19.9. The molecule has 3 nitrogen and oxygen atoms in total. The minimum atomic E-state index is -0.799. The maximum atomic E-state index is 9.28. The van der Waals surface area contributed by atoms with Crippen LogP contribution >= 0.6 is 0 Å². The summed E-state index contributed by atoms with van der Waals surface area (Å²) in [4.78, 5) is 4.57. The highest BCUT2D eigenvalue weighted by atomic mass is 16.5. The summed E-state index contributed by atoms with van der Waals surface area (Å²) < 4.78 is 6.35. The monoisotopic (exact) mass is 318 g/mol. The molecule has 0 N–H and O–H groups in total. The van der Waals surface area contributed by atoms with E-state index >= 15 is 0 Å². The van der Waals surface area contributed by atoms with Crippen molar-refractivity contribution >= 4 is 5.90 Å². The van der Waals surface area contributed by atoms with E-state index in [1.165, 1.54) is 0 Å². The van der Waals surface area contributed by atoms with Crippen LogP contribution in [0.1, 0.15) is 38.8 Å². The topological polar surface area (TPSA) is 45.4 Å². The van der Waals surface area contributed by atoms with Gasteiger partial charge < -0.3 is 4.74 Å². The molecule has 24 heavy (non-hydrogen) atoms. The Morgan fingerprint density at radius 1 is 0.917 bits per heavy atom. The van der Waals surface area contributed by atoms with Crippen LogP contribution in [-0.4, -0.2) is 11.4 Å². The van der Waals surface area contributed by atoms with Gasteiger partial charge in [-0.05, 0) is 27.7 Å². The molecule has 1 aliphatic heterocycles. The molecule has 1 heterocycles. The van der Waals surface area contributed by atoms with Crippen molar-refractivity contribution in [2.75, 3.05) is 0 Å². The first-order valence-electron chi connectivity index (χ1n) is 8.15. The van der Waals surface area contributed by atoms with Crippen LogP contribution in [0, 0.1) is 16.7 Å². The van der Waals surface area contributed by atoms with Crippen molar-refractivity contribution in [3.05, 3.63) is 71.8 Å². The van der Waals surface area contributed by atoms with Gasteiger partial charge in [0, 0.05) is 11.1 Å². The Kier molecular flexibility index (Phi) is 3.72. The van der Waals surface area contributed by atoms with Crippen molar-refractivity contribution in [2.24, 2.45) is 10.4 Å². The van der Waals surface area contributed by atoms with Crippen LogP contribution < -0.4 is 0 Å². The third kappa shape index (κ3) is 2.30. The standard InChI is InChI=1S/C21H22N2O/c1-19(2,15-22)23-18-20(3,4)21(24-18,16-11-7-5-8-12-16)17-13-9-6-10-14-17/h5-14H,1-4H3. The Hall–Kier alpha value is -2.60. The molecular weight excluding hydrogens is 296 g/mol. The van der Waals surface area contributed by atoms with E-state index in [1.54, 1.807) is 13.8 Å². The highest BCUT2D eigenvalue weighted by Gasteiger charge is 2.63. The van der Waals surface area contributed by atoms with Gasteiger partial charge in [-0.3, -0.25) is 0 Å². The van der Waals surface area contributed by atoms with Gasteiger partial charge in [-0.1, -0.05) is 60.7 Å².